The van der Waals surface area contributed by atoms with Crippen molar-refractivity contribution in [1.29, 1.82) is 0 Å². The zero-order valence-electron chi connectivity index (χ0n) is 12.7. The largest absolute Gasteiger partial charge is 0.337 e. The Bertz CT molecular complexity index is 721. The van der Waals surface area contributed by atoms with Gasteiger partial charge in [-0.1, -0.05) is 29.8 Å². The number of halogens is 1. The summed E-state index contributed by atoms with van der Waals surface area (Å²) < 4.78 is 25.9. The molecule has 124 valence electrons. The standard InChI is InChI=1S/C16H19ClN2O3S/c17-15-4-2-1-3-13(15)5-8-16(20)18-9-11-19(12-10-18)23(21,22)14-6-7-14/h1-5,8,14H,6-7,9-12H2. The lowest BCUT2D eigenvalue weighted by Crippen LogP contribution is -2.50. The molecule has 0 aromatic heterocycles. The molecule has 0 atom stereocenters. The normalized spacial score (nSPS) is 20.1. The highest BCUT2D eigenvalue weighted by Gasteiger charge is 2.41. The molecule has 1 amide bonds. The van der Waals surface area contributed by atoms with E-state index in [1.807, 2.05) is 18.2 Å². The van der Waals surface area contributed by atoms with Gasteiger partial charge < -0.3 is 4.90 Å². The fourth-order valence-corrected chi connectivity index (χ4v) is 4.64. The second-order valence-corrected chi connectivity index (χ2v) is 8.44. The van der Waals surface area contributed by atoms with Crippen molar-refractivity contribution in [3.63, 3.8) is 0 Å². The summed E-state index contributed by atoms with van der Waals surface area (Å²) in [6, 6.07) is 7.30. The Hall–Kier alpha value is -1.37. The minimum atomic E-state index is -3.14. The molecular weight excluding hydrogens is 336 g/mol. The number of benzene rings is 1. The molecule has 0 unspecified atom stereocenters. The predicted molar refractivity (Wildman–Crippen MR) is 90.6 cm³/mol. The maximum Gasteiger partial charge on any atom is 0.246 e. The summed E-state index contributed by atoms with van der Waals surface area (Å²) in [6.07, 6.45) is 4.72. The van der Waals surface area contributed by atoms with E-state index >= 15 is 0 Å². The SMILES string of the molecule is O=C(C=Cc1ccccc1Cl)N1CCN(S(=O)(=O)C2CC2)CC1. The van der Waals surface area contributed by atoms with Gasteiger partial charge in [0.05, 0.1) is 5.25 Å². The molecule has 2 fully saturated rings. The maximum atomic E-state index is 12.2. The lowest BCUT2D eigenvalue weighted by molar-refractivity contribution is -0.127. The van der Waals surface area contributed by atoms with Gasteiger partial charge >= 0.3 is 0 Å². The summed E-state index contributed by atoms with van der Waals surface area (Å²) >= 11 is 6.05. The summed E-state index contributed by atoms with van der Waals surface area (Å²) in [7, 11) is -3.14. The van der Waals surface area contributed by atoms with Gasteiger partial charge in [0.15, 0.2) is 0 Å². The highest BCUT2D eigenvalue weighted by molar-refractivity contribution is 7.90. The van der Waals surface area contributed by atoms with Crippen molar-refractivity contribution >= 4 is 33.6 Å². The molecule has 1 aromatic carbocycles. The molecule has 0 radical (unpaired) electrons. The van der Waals surface area contributed by atoms with Crippen molar-refractivity contribution in [2.24, 2.45) is 0 Å². The van der Waals surface area contributed by atoms with E-state index in [2.05, 4.69) is 0 Å². The van der Waals surface area contributed by atoms with E-state index in [9.17, 15) is 13.2 Å². The van der Waals surface area contributed by atoms with Gasteiger partial charge in [-0.15, -0.1) is 0 Å². The first-order valence-corrected chi connectivity index (χ1v) is 9.57. The first-order chi connectivity index (χ1) is 11.0. The zero-order valence-corrected chi connectivity index (χ0v) is 14.3. The molecule has 5 nitrogen and oxygen atoms in total. The van der Waals surface area contributed by atoms with E-state index in [0.29, 0.717) is 31.2 Å². The van der Waals surface area contributed by atoms with Gasteiger partial charge in [0.1, 0.15) is 0 Å². The number of amides is 1. The number of piperazine rings is 1. The number of carbonyl (C=O) groups excluding carboxylic acids is 1. The first kappa shape index (κ1) is 16.5. The van der Waals surface area contributed by atoms with Crippen molar-refractivity contribution < 1.29 is 13.2 Å². The number of hydrogen-bond donors (Lipinski definition) is 0. The summed E-state index contributed by atoms with van der Waals surface area (Å²) in [4.78, 5) is 13.9. The summed E-state index contributed by atoms with van der Waals surface area (Å²) in [6.45, 7) is 1.62. The van der Waals surface area contributed by atoms with Crippen LogP contribution in [0.5, 0.6) is 0 Å². The van der Waals surface area contributed by atoms with Gasteiger partial charge in [0, 0.05) is 37.3 Å². The van der Waals surface area contributed by atoms with Gasteiger partial charge in [-0.25, -0.2) is 8.42 Å². The topological polar surface area (TPSA) is 57.7 Å². The fourth-order valence-electron chi connectivity index (χ4n) is 2.62. The monoisotopic (exact) mass is 354 g/mol. The number of hydrogen-bond acceptors (Lipinski definition) is 3. The molecule has 1 aromatic rings. The van der Waals surface area contributed by atoms with E-state index < -0.39 is 10.0 Å². The highest BCUT2D eigenvalue weighted by Crippen LogP contribution is 2.31. The molecule has 1 saturated heterocycles. The smallest absolute Gasteiger partial charge is 0.246 e. The summed E-state index contributed by atoms with van der Waals surface area (Å²) in [5.74, 6) is -0.117. The Morgan fingerprint density at radius 1 is 1.13 bits per heavy atom. The predicted octanol–water partition coefficient (Wildman–Crippen LogP) is 1.99. The second kappa shape index (κ2) is 6.63. The van der Waals surface area contributed by atoms with Gasteiger partial charge in [-0.3, -0.25) is 4.79 Å². The molecular formula is C16H19ClN2O3S. The van der Waals surface area contributed by atoms with Gasteiger partial charge in [0.25, 0.3) is 0 Å². The van der Waals surface area contributed by atoms with Crippen LogP contribution in [0.4, 0.5) is 0 Å². The van der Waals surface area contributed by atoms with Crippen LogP contribution >= 0.6 is 11.6 Å². The van der Waals surface area contributed by atoms with Gasteiger partial charge in [-0.05, 0) is 30.5 Å². The van der Waals surface area contributed by atoms with Crippen LogP contribution in [0.15, 0.2) is 30.3 Å². The van der Waals surface area contributed by atoms with Crippen LogP contribution in [0.2, 0.25) is 5.02 Å². The Labute approximate surface area is 141 Å². The van der Waals surface area contributed by atoms with Crippen molar-refractivity contribution in [1.82, 2.24) is 9.21 Å². The number of rotatable bonds is 4. The molecule has 0 spiro atoms. The van der Waals surface area contributed by atoms with E-state index in [1.165, 1.54) is 10.4 Å². The van der Waals surface area contributed by atoms with Gasteiger partial charge in [0.2, 0.25) is 15.9 Å². The van der Waals surface area contributed by atoms with E-state index in [1.54, 1.807) is 17.0 Å². The Kier molecular flexibility index (Phi) is 4.75. The van der Waals surface area contributed by atoms with Crippen LogP contribution in [0, 0.1) is 0 Å². The molecule has 3 rings (SSSR count). The van der Waals surface area contributed by atoms with Gasteiger partial charge in [-0.2, -0.15) is 4.31 Å². The number of sulfonamides is 1. The van der Waals surface area contributed by atoms with E-state index in [-0.39, 0.29) is 11.2 Å². The van der Waals surface area contributed by atoms with Crippen LogP contribution in [0.25, 0.3) is 6.08 Å². The van der Waals surface area contributed by atoms with E-state index in [0.717, 1.165) is 18.4 Å². The Balaban J connectivity index is 1.57. The fraction of sp³-hybridized carbons (Fsp3) is 0.438. The summed E-state index contributed by atoms with van der Waals surface area (Å²) in [5, 5.41) is 0.404. The third-order valence-corrected chi connectivity index (χ3v) is 6.91. The van der Waals surface area contributed by atoms with Crippen LogP contribution in [0.3, 0.4) is 0 Å². The van der Waals surface area contributed by atoms with Crippen LogP contribution in [-0.2, 0) is 14.8 Å². The average molecular weight is 355 g/mol. The van der Waals surface area contributed by atoms with Crippen LogP contribution < -0.4 is 0 Å². The molecule has 23 heavy (non-hydrogen) atoms. The minimum Gasteiger partial charge on any atom is -0.337 e. The molecule has 1 saturated carbocycles. The molecule has 1 aliphatic heterocycles. The first-order valence-electron chi connectivity index (χ1n) is 7.69. The summed E-state index contributed by atoms with van der Waals surface area (Å²) in [5.41, 5.74) is 0.789. The quantitative estimate of drug-likeness (QED) is 0.777. The van der Waals surface area contributed by atoms with Crippen molar-refractivity contribution in [2.45, 2.75) is 18.1 Å². The van der Waals surface area contributed by atoms with Crippen molar-refractivity contribution in [3.8, 4) is 0 Å². The van der Waals surface area contributed by atoms with Crippen LogP contribution in [-0.4, -0.2) is 55.0 Å². The number of carbonyl (C=O) groups is 1. The third kappa shape index (κ3) is 3.76. The molecule has 0 N–H and O–H groups in total. The minimum absolute atomic E-state index is 0.117. The Morgan fingerprint density at radius 3 is 2.39 bits per heavy atom. The molecule has 7 heteroatoms. The molecule has 2 aliphatic rings. The van der Waals surface area contributed by atoms with Crippen LogP contribution in [0.1, 0.15) is 18.4 Å². The third-order valence-electron chi connectivity index (χ3n) is 4.17. The zero-order chi connectivity index (χ0) is 16.4. The second-order valence-electron chi connectivity index (χ2n) is 5.82. The lowest BCUT2D eigenvalue weighted by atomic mass is 10.2. The molecule has 0 bridgehead atoms. The highest BCUT2D eigenvalue weighted by atomic mass is 35.5. The lowest BCUT2D eigenvalue weighted by Gasteiger charge is -2.33. The average Bonchev–Trinajstić information content (AvgIpc) is 3.39. The maximum absolute atomic E-state index is 12.2. The van der Waals surface area contributed by atoms with E-state index in [4.69, 9.17) is 11.6 Å². The molecule has 1 heterocycles. The molecule has 1 aliphatic carbocycles. The van der Waals surface area contributed by atoms with Crippen molar-refractivity contribution in [2.75, 3.05) is 26.2 Å². The Morgan fingerprint density at radius 2 is 1.78 bits per heavy atom. The van der Waals surface area contributed by atoms with Crippen molar-refractivity contribution in [3.05, 3.63) is 40.9 Å². The number of nitrogens with zero attached hydrogens (tertiary/aromatic N) is 2.